The number of anilines is 1. The second-order valence-corrected chi connectivity index (χ2v) is 5.82. The summed E-state index contributed by atoms with van der Waals surface area (Å²) in [6.45, 7) is 6.51. The molecule has 0 aliphatic heterocycles. The van der Waals surface area contributed by atoms with Crippen LogP contribution in [0, 0.1) is 5.92 Å². The number of hydrogen-bond donors (Lipinski definition) is 2. The van der Waals surface area contributed by atoms with Gasteiger partial charge in [0.05, 0.1) is 5.92 Å². The van der Waals surface area contributed by atoms with E-state index in [0.29, 0.717) is 0 Å². The van der Waals surface area contributed by atoms with E-state index in [1.54, 1.807) is 0 Å². The minimum Gasteiger partial charge on any atom is -0.327 e. The number of hydrogen-bond acceptors (Lipinski definition) is 2. The molecule has 2 rings (SSSR count). The van der Waals surface area contributed by atoms with E-state index in [1.165, 1.54) is 5.56 Å². The summed E-state index contributed by atoms with van der Waals surface area (Å²) in [5.74, 6) is 0.0540. The van der Waals surface area contributed by atoms with Gasteiger partial charge in [0.15, 0.2) is 0 Å². The Bertz CT molecular complexity index is 417. The number of carbonyl (C=O) groups is 1. The van der Waals surface area contributed by atoms with E-state index in [0.717, 1.165) is 12.1 Å². The number of carbonyl (C=O) groups excluding carboxylic acids is 1. The van der Waals surface area contributed by atoms with E-state index in [2.05, 4.69) is 38.2 Å². The summed E-state index contributed by atoms with van der Waals surface area (Å²) in [6.07, 6.45) is 0.811. The van der Waals surface area contributed by atoms with Crippen LogP contribution in [0.4, 0.5) is 5.69 Å². The minimum atomic E-state index is 0.0114. The maximum Gasteiger partial charge on any atom is 0.229 e. The molecular formula is C14H20N2O. The standard InChI is InChI=1S/C14H20N2O/c1-14(2,3)9-4-6-10(7-5-9)16-13(17)11-8-12(11)15/h4-7,11-12H,8,15H2,1-3H3,(H,16,17). The molecule has 0 heterocycles. The Morgan fingerprint density at radius 2 is 1.82 bits per heavy atom. The van der Waals surface area contributed by atoms with E-state index in [9.17, 15) is 4.79 Å². The number of rotatable bonds is 2. The molecule has 1 aliphatic carbocycles. The van der Waals surface area contributed by atoms with Gasteiger partial charge in [-0.15, -0.1) is 0 Å². The molecule has 0 spiro atoms. The quantitative estimate of drug-likeness (QED) is 0.821. The van der Waals surface area contributed by atoms with Crippen LogP contribution in [0.2, 0.25) is 0 Å². The van der Waals surface area contributed by atoms with Gasteiger partial charge in [-0.1, -0.05) is 32.9 Å². The van der Waals surface area contributed by atoms with Gasteiger partial charge in [0.2, 0.25) is 5.91 Å². The molecule has 1 aromatic carbocycles. The second kappa shape index (κ2) is 4.15. The Morgan fingerprint density at radius 3 is 2.24 bits per heavy atom. The fraction of sp³-hybridized carbons (Fsp3) is 0.500. The van der Waals surface area contributed by atoms with Gasteiger partial charge in [-0.2, -0.15) is 0 Å². The topological polar surface area (TPSA) is 55.1 Å². The van der Waals surface area contributed by atoms with Gasteiger partial charge in [-0.3, -0.25) is 4.79 Å². The molecular weight excluding hydrogens is 212 g/mol. The van der Waals surface area contributed by atoms with Crippen LogP contribution in [-0.2, 0) is 10.2 Å². The zero-order valence-electron chi connectivity index (χ0n) is 10.7. The van der Waals surface area contributed by atoms with Crippen molar-refractivity contribution < 1.29 is 4.79 Å². The smallest absolute Gasteiger partial charge is 0.229 e. The summed E-state index contributed by atoms with van der Waals surface area (Å²) in [5, 5.41) is 2.89. The highest BCUT2D eigenvalue weighted by atomic mass is 16.2. The van der Waals surface area contributed by atoms with Gasteiger partial charge in [-0.05, 0) is 29.5 Å². The van der Waals surface area contributed by atoms with Gasteiger partial charge in [0.1, 0.15) is 0 Å². The average molecular weight is 232 g/mol. The van der Waals surface area contributed by atoms with Crippen molar-refractivity contribution in [2.45, 2.75) is 38.6 Å². The van der Waals surface area contributed by atoms with Gasteiger partial charge in [-0.25, -0.2) is 0 Å². The summed E-state index contributed by atoms with van der Waals surface area (Å²) >= 11 is 0. The highest BCUT2D eigenvalue weighted by Crippen LogP contribution is 2.29. The summed E-state index contributed by atoms with van der Waals surface area (Å²) < 4.78 is 0. The third kappa shape index (κ3) is 2.86. The second-order valence-electron chi connectivity index (χ2n) is 5.82. The van der Waals surface area contributed by atoms with E-state index >= 15 is 0 Å². The molecule has 2 atom stereocenters. The number of amides is 1. The minimum absolute atomic E-state index is 0.0114. The molecule has 17 heavy (non-hydrogen) atoms. The fourth-order valence-corrected chi connectivity index (χ4v) is 1.80. The fourth-order valence-electron chi connectivity index (χ4n) is 1.80. The lowest BCUT2D eigenvalue weighted by Gasteiger charge is -2.19. The number of nitrogens with two attached hydrogens (primary N) is 1. The zero-order chi connectivity index (χ0) is 12.6. The SMILES string of the molecule is CC(C)(C)c1ccc(NC(=O)C2CC2N)cc1. The first-order chi connectivity index (χ1) is 7.88. The summed E-state index contributed by atoms with van der Waals surface area (Å²) in [4.78, 5) is 11.7. The first-order valence-corrected chi connectivity index (χ1v) is 6.05. The molecule has 1 saturated carbocycles. The molecule has 3 heteroatoms. The van der Waals surface area contributed by atoms with E-state index in [4.69, 9.17) is 5.73 Å². The molecule has 3 nitrogen and oxygen atoms in total. The molecule has 2 unspecified atom stereocenters. The van der Waals surface area contributed by atoms with Crippen molar-refractivity contribution in [1.29, 1.82) is 0 Å². The van der Waals surface area contributed by atoms with Crippen LogP contribution in [0.5, 0.6) is 0 Å². The number of nitrogens with one attached hydrogen (secondary N) is 1. The third-order valence-electron chi connectivity index (χ3n) is 3.20. The largest absolute Gasteiger partial charge is 0.327 e. The molecule has 1 aliphatic rings. The van der Waals surface area contributed by atoms with Crippen LogP contribution in [-0.4, -0.2) is 11.9 Å². The predicted octanol–water partition coefficient (Wildman–Crippen LogP) is 2.27. The van der Waals surface area contributed by atoms with Crippen molar-refractivity contribution in [1.82, 2.24) is 0 Å². The monoisotopic (exact) mass is 232 g/mol. The molecule has 0 saturated heterocycles. The highest BCUT2D eigenvalue weighted by molar-refractivity contribution is 5.94. The molecule has 3 N–H and O–H groups in total. The van der Waals surface area contributed by atoms with Gasteiger partial charge < -0.3 is 11.1 Å². The maximum absolute atomic E-state index is 11.7. The first kappa shape index (κ1) is 12.1. The van der Waals surface area contributed by atoms with Crippen molar-refractivity contribution in [2.75, 3.05) is 5.32 Å². The lowest BCUT2D eigenvalue weighted by Crippen LogP contribution is -2.18. The summed E-state index contributed by atoms with van der Waals surface area (Å²) in [7, 11) is 0. The Balaban J connectivity index is 2.01. The molecule has 1 aromatic rings. The Morgan fingerprint density at radius 1 is 1.29 bits per heavy atom. The first-order valence-electron chi connectivity index (χ1n) is 6.05. The van der Waals surface area contributed by atoms with Crippen molar-refractivity contribution >= 4 is 11.6 Å². The molecule has 1 amide bonds. The van der Waals surface area contributed by atoms with Gasteiger partial charge in [0.25, 0.3) is 0 Å². The van der Waals surface area contributed by atoms with Crippen LogP contribution in [0.25, 0.3) is 0 Å². The number of benzene rings is 1. The van der Waals surface area contributed by atoms with Crippen molar-refractivity contribution in [2.24, 2.45) is 11.7 Å². The molecule has 0 bridgehead atoms. The Kier molecular flexibility index (Phi) is 2.96. The highest BCUT2D eigenvalue weighted by Gasteiger charge is 2.39. The molecule has 92 valence electrons. The molecule has 0 aromatic heterocycles. The molecule has 0 radical (unpaired) electrons. The van der Waals surface area contributed by atoms with Crippen LogP contribution < -0.4 is 11.1 Å². The van der Waals surface area contributed by atoms with Crippen molar-refractivity contribution in [3.8, 4) is 0 Å². The van der Waals surface area contributed by atoms with Gasteiger partial charge >= 0.3 is 0 Å². The van der Waals surface area contributed by atoms with Gasteiger partial charge in [0, 0.05) is 11.7 Å². The zero-order valence-corrected chi connectivity index (χ0v) is 10.7. The van der Waals surface area contributed by atoms with Crippen LogP contribution in [0.3, 0.4) is 0 Å². The normalized spacial score (nSPS) is 23.3. The summed E-state index contributed by atoms with van der Waals surface area (Å²) in [5.41, 5.74) is 7.89. The van der Waals surface area contributed by atoms with Crippen LogP contribution in [0.15, 0.2) is 24.3 Å². The van der Waals surface area contributed by atoms with Crippen molar-refractivity contribution in [3.05, 3.63) is 29.8 Å². The van der Waals surface area contributed by atoms with Crippen LogP contribution in [0.1, 0.15) is 32.8 Å². The predicted molar refractivity (Wildman–Crippen MR) is 69.9 cm³/mol. The van der Waals surface area contributed by atoms with E-state index in [1.807, 2.05) is 12.1 Å². The third-order valence-corrected chi connectivity index (χ3v) is 3.20. The Labute approximate surface area is 102 Å². The lowest BCUT2D eigenvalue weighted by atomic mass is 9.87. The average Bonchev–Trinajstić information content (AvgIpc) is 2.95. The van der Waals surface area contributed by atoms with Crippen molar-refractivity contribution in [3.63, 3.8) is 0 Å². The Hall–Kier alpha value is -1.35. The lowest BCUT2D eigenvalue weighted by molar-refractivity contribution is -0.117. The maximum atomic E-state index is 11.7. The van der Waals surface area contributed by atoms with Crippen LogP contribution >= 0.6 is 0 Å². The molecule has 1 fully saturated rings. The van der Waals surface area contributed by atoms with E-state index < -0.39 is 0 Å². The van der Waals surface area contributed by atoms with E-state index in [-0.39, 0.29) is 23.3 Å². The summed E-state index contributed by atoms with van der Waals surface area (Å²) in [6, 6.07) is 8.08.